The van der Waals surface area contributed by atoms with E-state index in [1.54, 1.807) is 48.5 Å². The summed E-state index contributed by atoms with van der Waals surface area (Å²) >= 11 is 0. The Hall–Kier alpha value is -3.40. The van der Waals surface area contributed by atoms with Crippen LogP contribution in [0.2, 0.25) is 0 Å². The molecule has 0 aliphatic heterocycles. The van der Waals surface area contributed by atoms with Crippen LogP contribution in [0.25, 0.3) is 0 Å². The number of aryl methyl sites for hydroxylation is 1. The lowest BCUT2D eigenvalue weighted by Crippen LogP contribution is -2.16. The average Bonchev–Trinajstić information content (AvgIpc) is 2.81. The van der Waals surface area contributed by atoms with Crippen molar-refractivity contribution in [3.05, 3.63) is 94.5 Å². The van der Waals surface area contributed by atoms with E-state index in [9.17, 15) is 9.59 Å². The number of carbonyl (C=O) groups excluding carboxylic acids is 2. The van der Waals surface area contributed by atoms with Gasteiger partial charge in [0.05, 0.1) is 11.1 Å². The molecule has 3 aromatic carbocycles. The van der Waals surface area contributed by atoms with E-state index in [4.69, 9.17) is 9.47 Å². The Morgan fingerprint density at radius 1 is 0.719 bits per heavy atom. The van der Waals surface area contributed by atoms with Gasteiger partial charge in [-0.2, -0.15) is 0 Å². The van der Waals surface area contributed by atoms with E-state index in [-0.39, 0.29) is 0 Å². The minimum absolute atomic E-state index is 0.329. The van der Waals surface area contributed by atoms with Crippen molar-refractivity contribution >= 4 is 11.9 Å². The molecule has 0 spiro atoms. The predicted molar refractivity (Wildman–Crippen MR) is 127 cm³/mol. The van der Waals surface area contributed by atoms with Crippen LogP contribution in [0.4, 0.5) is 0 Å². The van der Waals surface area contributed by atoms with E-state index >= 15 is 0 Å². The molecule has 0 saturated heterocycles. The Kier molecular flexibility index (Phi) is 7.82. The predicted octanol–water partition coefficient (Wildman–Crippen LogP) is 6.45. The van der Waals surface area contributed by atoms with E-state index in [1.807, 2.05) is 26.0 Å². The molecule has 0 aliphatic rings. The summed E-state index contributed by atoms with van der Waals surface area (Å²) in [4.78, 5) is 25.9. The minimum Gasteiger partial charge on any atom is -0.419 e. The summed E-state index contributed by atoms with van der Waals surface area (Å²) in [6, 6.07) is 19.8. The summed E-state index contributed by atoms with van der Waals surface area (Å²) in [6.07, 6.45) is 2.14. The van der Waals surface area contributed by atoms with Crippen LogP contribution >= 0.6 is 0 Å². The van der Waals surface area contributed by atoms with Crippen LogP contribution in [-0.2, 0) is 19.3 Å². The molecule has 3 rings (SSSR count). The van der Waals surface area contributed by atoms with Crippen LogP contribution < -0.4 is 9.47 Å². The fourth-order valence-corrected chi connectivity index (χ4v) is 3.74. The van der Waals surface area contributed by atoms with E-state index in [0.29, 0.717) is 41.4 Å². The maximum Gasteiger partial charge on any atom is 0.343 e. The lowest BCUT2D eigenvalue weighted by molar-refractivity contribution is 0.0679. The van der Waals surface area contributed by atoms with Crippen molar-refractivity contribution in [1.29, 1.82) is 0 Å². The third-order valence-electron chi connectivity index (χ3n) is 5.28. The second-order valence-electron chi connectivity index (χ2n) is 8.15. The molecule has 0 radical (unpaired) electrons. The quantitative estimate of drug-likeness (QED) is 0.304. The summed E-state index contributed by atoms with van der Waals surface area (Å²) in [5, 5.41) is 0. The first-order valence-corrected chi connectivity index (χ1v) is 11.2. The van der Waals surface area contributed by atoms with Gasteiger partial charge in [0.25, 0.3) is 0 Å². The fraction of sp³-hybridized carbons (Fsp3) is 0.286. The molecule has 3 aromatic rings. The van der Waals surface area contributed by atoms with Crippen LogP contribution in [-0.4, -0.2) is 11.9 Å². The molecule has 0 fully saturated rings. The van der Waals surface area contributed by atoms with Crippen LogP contribution in [0.15, 0.2) is 66.7 Å². The smallest absolute Gasteiger partial charge is 0.343 e. The summed E-state index contributed by atoms with van der Waals surface area (Å²) < 4.78 is 11.8. The summed E-state index contributed by atoms with van der Waals surface area (Å²) in [5.74, 6) is 0.160. The highest BCUT2D eigenvalue weighted by Crippen LogP contribution is 2.40. The Bertz CT molecular complexity index is 1070. The Morgan fingerprint density at radius 3 is 1.66 bits per heavy atom. The summed E-state index contributed by atoms with van der Waals surface area (Å²) in [7, 11) is 0. The molecule has 0 aromatic heterocycles. The highest BCUT2D eigenvalue weighted by Gasteiger charge is 2.25. The third-order valence-corrected chi connectivity index (χ3v) is 5.28. The Morgan fingerprint density at radius 2 is 1.22 bits per heavy atom. The minimum atomic E-state index is -0.476. The highest BCUT2D eigenvalue weighted by molar-refractivity contribution is 5.93. The number of carbonyl (C=O) groups is 2. The zero-order valence-corrected chi connectivity index (χ0v) is 19.2. The van der Waals surface area contributed by atoms with E-state index in [1.165, 1.54) is 0 Å². The molecule has 166 valence electrons. The van der Waals surface area contributed by atoms with Gasteiger partial charge in [-0.15, -0.1) is 0 Å². The van der Waals surface area contributed by atoms with Crippen LogP contribution in [0, 0.1) is 5.92 Å². The maximum atomic E-state index is 13.0. The summed E-state index contributed by atoms with van der Waals surface area (Å²) in [6.45, 7) is 8.34. The Balaban J connectivity index is 2.12. The second-order valence-corrected chi connectivity index (χ2v) is 8.15. The summed E-state index contributed by atoms with van der Waals surface area (Å²) in [5.41, 5.74) is 3.75. The van der Waals surface area contributed by atoms with Crippen molar-refractivity contribution < 1.29 is 19.1 Å². The van der Waals surface area contributed by atoms with Gasteiger partial charge in [-0.3, -0.25) is 0 Å². The van der Waals surface area contributed by atoms with Crippen molar-refractivity contribution in [3.8, 4) is 11.5 Å². The van der Waals surface area contributed by atoms with Crippen LogP contribution in [0.1, 0.15) is 65.1 Å². The second kappa shape index (κ2) is 10.8. The van der Waals surface area contributed by atoms with Gasteiger partial charge < -0.3 is 9.47 Å². The van der Waals surface area contributed by atoms with E-state index in [2.05, 4.69) is 19.9 Å². The molecule has 0 N–H and O–H groups in total. The molecule has 0 heterocycles. The van der Waals surface area contributed by atoms with Crippen molar-refractivity contribution in [2.45, 2.75) is 47.0 Å². The van der Waals surface area contributed by atoms with Crippen LogP contribution in [0.5, 0.6) is 11.5 Å². The largest absolute Gasteiger partial charge is 0.419 e. The average molecular weight is 431 g/mol. The number of hydrogen-bond donors (Lipinski definition) is 0. The number of benzene rings is 3. The number of hydrogen-bond acceptors (Lipinski definition) is 4. The third kappa shape index (κ3) is 5.44. The molecule has 0 bridgehead atoms. The number of esters is 2. The van der Waals surface area contributed by atoms with Gasteiger partial charge in [-0.05, 0) is 60.6 Å². The molecule has 0 unspecified atom stereocenters. The standard InChI is InChI=1S/C28H30O4/c1-5-20-18-23(17-19(3)4)24(6-2)26(32-28(30)22-15-11-8-12-16-22)25(20)31-27(29)21-13-9-7-10-14-21/h7-16,18-19H,5-6,17H2,1-4H3. The topological polar surface area (TPSA) is 52.6 Å². The van der Waals surface area contributed by atoms with Crippen molar-refractivity contribution in [3.63, 3.8) is 0 Å². The zero-order valence-electron chi connectivity index (χ0n) is 19.2. The van der Waals surface area contributed by atoms with Crippen molar-refractivity contribution in [2.24, 2.45) is 5.92 Å². The van der Waals surface area contributed by atoms with Crippen molar-refractivity contribution in [2.75, 3.05) is 0 Å². The normalized spacial score (nSPS) is 10.8. The maximum absolute atomic E-state index is 13.0. The molecule has 0 atom stereocenters. The molecule has 4 nitrogen and oxygen atoms in total. The van der Waals surface area contributed by atoms with E-state index in [0.717, 1.165) is 23.1 Å². The first-order chi connectivity index (χ1) is 15.4. The van der Waals surface area contributed by atoms with Gasteiger partial charge >= 0.3 is 11.9 Å². The lowest BCUT2D eigenvalue weighted by Gasteiger charge is -2.21. The van der Waals surface area contributed by atoms with Gasteiger partial charge in [0.15, 0.2) is 11.5 Å². The van der Waals surface area contributed by atoms with Crippen LogP contribution in [0.3, 0.4) is 0 Å². The monoisotopic (exact) mass is 430 g/mol. The molecule has 32 heavy (non-hydrogen) atoms. The molecule has 0 saturated carbocycles. The first kappa shape index (κ1) is 23.3. The Labute approximate surface area is 190 Å². The zero-order chi connectivity index (χ0) is 23.1. The van der Waals surface area contributed by atoms with Gasteiger partial charge in [0, 0.05) is 5.56 Å². The molecule has 0 aliphatic carbocycles. The molecule has 0 amide bonds. The molecular weight excluding hydrogens is 400 g/mol. The van der Waals surface area contributed by atoms with Gasteiger partial charge in [0.2, 0.25) is 0 Å². The number of ether oxygens (including phenoxy) is 2. The van der Waals surface area contributed by atoms with Gasteiger partial charge in [-0.25, -0.2) is 9.59 Å². The van der Waals surface area contributed by atoms with Gasteiger partial charge in [0.1, 0.15) is 0 Å². The first-order valence-electron chi connectivity index (χ1n) is 11.2. The van der Waals surface area contributed by atoms with Gasteiger partial charge in [-0.1, -0.05) is 70.2 Å². The fourth-order valence-electron chi connectivity index (χ4n) is 3.74. The van der Waals surface area contributed by atoms with Crippen molar-refractivity contribution in [1.82, 2.24) is 0 Å². The number of rotatable bonds is 8. The highest BCUT2D eigenvalue weighted by atomic mass is 16.6. The van der Waals surface area contributed by atoms with E-state index < -0.39 is 11.9 Å². The molecular formula is C28H30O4. The molecule has 4 heteroatoms. The lowest BCUT2D eigenvalue weighted by atomic mass is 9.92. The SMILES string of the molecule is CCc1cc(CC(C)C)c(CC)c(OC(=O)c2ccccc2)c1OC(=O)c1ccccc1.